The fourth-order valence-electron chi connectivity index (χ4n) is 3.12. The highest BCUT2D eigenvalue weighted by atomic mass is 16.1. The Morgan fingerprint density at radius 3 is 2.96 bits per heavy atom. The lowest BCUT2D eigenvalue weighted by Crippen LogP contribution is -2.30. The van der Waals surface area contributed by atoms with Gasteiger partial charge in [-0.25, -0.2) is 0 Å². The zero-order chi connectivity index (χ0) is 18.8. The number of fused-ring (bicyclic) bond motifs is 1. The van der Waals surface area contributed by atoms with E-state index in [2.05, 4.69) is 43.4 Å². The van der Waals surface area contributed by atoms with Crippen molar-refractivity contribution in [1.29, 1.82) is 0 Å². The van der Waals surface area contributed by atoms with Crippen molar-refractivity contribution in [2.24, 2.45) is 0 Å². The average Bonchev–Trinajstić information content (AvgIpc) is 3.40. The lowest BCUT2D eigenvalue weighted by molar-refractivity contribution is 0.0943. The molecule has 1 amide bonds. The van der Waals surface area contributed by atoms with E-state index in [1.165, 1.54) is 5.39 Å². The number of rotatable bonds is 6. The SMILES string of the molecule is Cc1cnn(C(C)CNC(=O)c2cc(Cn3ccc4ccccc43)[nH]n2)c1. The first-order chi connectivity index (χ1) is 13.1. The minimum absolute atomic E-state index is 0.0762. The minimum atomic E-state index is -0.189. The van der Waals surface area contributed by atoms with Crippen molar-refractivity contribution in [2.45, 2.75) is 26.4 Å². The molecule has 138 valence electrons. The summed E-state index contributed by atoms with van der Waals surface area (Å²) in [5, 5.41) is 15.5. The van der Waals surface area contributed by atoms with Gasteiger partial charge in [-0.05, 0) is 43.0 Å². The van der Waals surface area contributed by atoms with E-state index in [-0.39, 0.29) is 11.9 Å². The molecular formula is C20H22N6O. The number of para-hydroxylation sites is 1. The Kier molecular flexibility index (Phi) is 4.50. The van der Waals surface area contributed by atoms with Crippen LogP contribution in [0.2, 0.25) is 0 Å². The quantitative estimate of drug-likeness (QED) is 0.553. The molecule has 0 saturated carbocycles. The first kappa shape index (κ1) is 17.1. The summed E-state index contributed by atoms with van der Waals surface area (Å²) in [6, 6.07) is 12.2. The highest BCUT2D eigenvalue weighted by Gasteiger charge is 2.13. The summed E-state index contributed by atoms with van der Waals surface area (Å²) in [5.41, 5.74) is 3.53. The molecule has 4 aromatic rings. The number of amides is 1. The van der Waals surface area contributed by atoms with E-state index >= 15 is 0 Å². The van der Waals surface area contributed by atoms with Crippen LogP contribution in [0.4, 0.5) is 0 Å². The predicted molar refractivity (Wildman–Crippen MR) is 104 cm³/mol. The number of hydrogen-bond acceptors (Lipinski definition) is 3. The number of nitrogens with one attached hydrogen (secondary N) is 2. The summed E-state index contributed by atoms with van der Waals surface area (Å²) in [6.07, 6.45) is 5.81. The van der Waals surface area contributed by atoms with Gasteiger partial charge in [0.1, 0.15) is 5.69 Å². The molecule has 0 radical (unpaired) electrons. The third kappa shape index (κ3) is 3.62. The fourth-order valence-corrected chi connectivity index (χ4v) is 3.12. The van der Waals surface area contributed by atoms with E-state index in [0.717, 1.165) is 16.8 Å². The van der Waals surface area contributed by atoms with Gasteiger partial charge in [-0.3, -0.25) is 14.6 Å². The van der Waals surface area contributed by atoms with Gasteiger partial charge in [0.25, 0.3) is 5.91 Å². The smallest absolute Gasteiger partial charge is 0.271 e. The van der Waals surface area contributed by atoms with Crippen molar-refractivity contribution in [3.63, 3.8) is 0 Å². The Balaban J connectivity index is 1.39. The number of aromatic amines is 1. The van der Waals surface area contributed by atoms with E-state index < -0.39 is 0 Å². The molecule has 3 aromatic heterocycles. The van der Waals surface area contributed by atoms with Crippen molar-refractivity contribution in [3.8, 4) is 0 Å². The standard InChI is InChI=1S/C20H22N6O/c1-14-10-22-26(12-14)15(2)11-21-20(27)18-9-17(23-24-18)13-25-8-7-16-5-3-4-6-19(16)25/h3-10,12,15H,11,13H2,1-2H3,(H,21,27)(H,23,24). The summed E-state index contributed by atoms with van der Waals surface area (Å²) >= 11 is 0. The van der Waals surface area contributed by atoms with Crippen molar-refractivity contribution in [1.82, 2.24) is 29.9 Å². The summed E-state index contributed by atoms with van der Waals surface area (Å²) in [6.45, 7) is 5.13. The summed E-state index contributed by atoms with van der Waals surface area (Å²) < 4.78 is 3.98. The lowest BCUT2D eigenvalue weighted by atomic mass is 10.2. The molecule has 0 saturated heterocycles. The molecule has 0 spiro atoms. The number of H-pyrrole nitrogens is 1. The third-order valence-electron chi connectivity index (χ3n) is 4.62. The molecule has 1 aromatic carbocycles. The predicted octanol–water partition coefficient (Wildman–Crippen LogP) is 2.91. The molecule has 4 rings (SSSR count). The van der Waals surface area contributed by atoms with Crippen molar-refractivity contribution in [3.05, 3.63) is 71.9 Å². The van der Waals surface area contributed by atoms with Crippen LogP contribution in [0.15, 0.2) is 55.0 Å². The van der Waals surface area contributed by atoms with Crippen LogP contribution < -0.4 is 5.32 Å². The summed E-state index contributed by atoms with van der Waals surface area (Å²) in [4.78, 5) is 12.4. The van der Waals surface area contributed by atoms with Gasteiger partial charge in [-0.1, -0.05) is 18.2 Å². The van der Waals surface area contributed by atoms with Gasteiger partial charge in [0.2, 0.25) is 0 Å². The topological polar surface area (TPSA) is 80.5 Å². The van der Waals surface area contributed by atoms with Crippen molar-refractivity contribution < 1.29 is 4.79 Å². The molecular weight excluding hydrogens is 340 g/mol. The Bertz CT molecular complexity index is 1070. The molecule has 2 N–H and O–H groups in total. The Labute approximate surface area is 157 Å². The zero-order valence-electron chi connectivity index (χ0n) is 15.4. The van der Waals surface area contributed by atoms with Crippen LogP contribution in [-0.2, 0) is 6.54 Å². The molecule has 27 heavy (non-hydrogen) atoms. The number of carbonyl (C=O) groups excluding carboxylic acids is 1. The molecule has 1 unspecified atom stereocenters. The van der Waals surface area contributed by atoms with Gasteiger partial charge < -0.3 is 9.88 Å². The second-order valence-corrected chi connectivity index (χ2v) is 6.84. The van der Waals surface area contributed by atoms with Crippen LogP contribution in [0.1, 0.15) is 34.7 Å². The van der Waals surface area contributed by atoms with Crippen LogP contribution in [0.3, 0.4) is 0 Å². The summed E-state index contributed by atoms with van der Waals surface area (Å²) in [7, 11) is 0. The molecule has 0 aliphatic heterocycles. The van der Waals surface area contributed by atoms with Gasteiger partial charge in [-0.15, -0.1) is 0 Å². The van der Waals surface area contributed by atoms with Gasteiger partial charge in [0.15, 0.2) is 0 Å². The Morgan fingerprint density at radius 1 is 1.30 bits per heavy atom. The number of nitrogens with zero attached hydrogens (tertiary/aromatic N) is 4. The number of aromatic nitrogens is 5. The monoisotopic (exact) mass is 362 g/mol. The molecule has 3 heterocycles. The maximum absolute atomic E-state index is 12.4. The van der Waals surface area contributed by atoms with E-state index in [4.69, 9.17) is 0 Å². The number of benzene rings is 1. The maximum atomic E-state index is 12.4. The van der Waals surface area contributed by atoms with E-state index in [0.29, 0.717) is 18.8 Å². The lowest BCUT2D eigenvalue weighted by Gasteiger charge is -2.12. The van der Waals surface area contributed by atoms with E-state index in [1.54, 1.807) is 6.07 Å². The zero-order valence-corrected chi connectivity index (χ0v) is 15.4. The van der Waals surface area contributed by atoms with Crippen LogP contribution in [0.25, 0.3) is 10.9 Å². The van der Waals surface area contributed by atoms with Gasteiger partial charge in [-0.2, -0.15) is 10.2 Å². The average molecular weight is 362 g/mol. The molecule has 7 heteroatoms. The number of hydrogen-bond donors (Lipinski definition) is 2. The molecule has 0 bridgehead atoms. The van der Waals surface area contributed by atoms with E-state index in [9.17, 15) is 4.79 Å². The van der Waals surface area contributed by atoms with Gasteiger partial charge in [0.05, 0.1) is 24.5 Å². The second-order valence-electron chi connectivity index (χ2n) is 6.84. The molecule has 1 atom stereocenters. The van der Waals surface area contributed by atoms with Gasteiger partial charge >= 0.3 is 0 Å². The number of carbonyl (C=O) groups is 1. The minimum Gasteiger partial charge on any atom is -0.349 e. The molecule has 0 aliphatic carbocycles. The fraction of sp³-hybridized carbons (Fsp3) is 0.250. The first-order valence-corrected chi connectivity index (χ1v) is 8.97. The van der Waals surface area contributed by atoms with Gasteiger partial charge in [0, 0.05) is 24.5 Å². The first-order valence-electron chi connectivity index (χ1n) is 8.97. The second kappa shape index (κ2) is 7.11. The maximum Gasteiger partial charge on any atom is 0.271 e. The Hall–Kier alpha value is -3.35. The number of aryl methyl sites for hydroxylation is 1. The normalized spacial score (nSPS) is 12.4. The Morgan fingerprint density at radius 2 is 2.15 bits per heavy atom. The van der Waals surface area contributed by atoms with Crippen LogP contribution in [0, 0.1) is 6.92 Å². The largest absolute Gasteiger partial charge is 0.349 e. The van der Waals surface area contributed by atoms with E-state index in [1.807, 2.05) is 49.3 Å². The van der Waals surface area contributed by atoms with Crippen LogP contribution in [0.5, 0.6) is 0 Å². The molecule has 0 aliphatic rings. The van der Waals surface area contributed by atoms with Crippen molar-refractivity contribution in [2.75, 3.05) is 6.54 Å². The van der Waals surface area contributed by atoms with Crippen molar-refractivity contribution >= 4 is 16.8 Å². The summed E-state index contributed by atoms with van der Waals surface area (Å²) in [5.74, 6) is -0.189. The van der Waals surface area contributed by atoms with Crippen LogP contribution in [-0.4, -0.2) is 37.0 Å². The molecule has 0 fully saturated rings. The third-order valence-corrected chi connectivity index (χ3v) is 4.62. The highest BCUT2D eigenvalue weighted by Crippen LogP contribution is 2.16. The highest BCUT2D eigenvalue weighted by molar-refractivity contribution is 5.92. The molecule has 7 nitrogen and oxygen atoms in total. The van der Waals surface area contributed by atoms with Crippen LogP contribution >= 0.6 is 0 Å².